The lowest BCUT2D eigenvalue weighted by Crippen LogP contribution is -2.40. The number of allylic oxidation sites excluding steroid dienone is 2. The van der Waals surface area contributed by atoms with Gasteiger partial charge >= 0.3 is 0 Å². The van der Waals surface area contributed by atoms with Crippen molar-refractivity contribution >= 4 is 0 Å². The Morgan fingerprint density at radius 1 is 1.64 bits per heavy atom. The second-order valence-corrected chi connectivity index (χ2v) is 3.51. The van der Waals surface area contributed by atoms with E-state index in [0.717, 1.165) is 25.3 Å². The van der Waals surface area contributed by atoms with E-state index in [1.165, 1.54) is 11.1 Å². The van der Waals surface area contributed by atoms with Gasteiger partial charge in [0.15, 0.2) is 0 Å². The molecule has 3 nitrogen and oxygen atoms in total. The molecule has 2 rings (SSSR count). The summed E-state index contributed by atoms with van der Waals surface area (Å²) in [4.78, 5) is 0. The zero-order valence-electron chi connectivity index (χ0n) is 8.42. The van der Waals surface area contributed by atoms with Crippen LogP contribution in [0.2, 0.25) is 0 Å². The van der Waals surface area contributed by atoms with Crippen LogP contribution >= 0.6 is 0 Å². The van der Waals surface area contributed by atoms with Gasteiger partial charge in [-0.2, -0.15) is 0 Å². The second kappa shape index (κ2) is 3.98. The van der Waals surface area contributed by atoms with E-state index in [-0.39, 0.29) is 6.17 Å². The summed E-state index contributed by atoms with van der Waals surface area (Å²) in [6.45, 7) is 3.60. The maximum atomic E-state index is 5.78. The van der Waals surface area contributed by atoms with Crippen molar-refractivity contribution in [2.24, 2.45) is 5.73 Å². The van der Waals surface area contributed by atoms with Gasteiger partial charge in [-0.05, 0) is 30.2 Å². The summed E-state index contributed by atoms with van der Waals surface area (Å²) in [7, 11) is 0. The molecular formula is C11H16N2O. The number of ether oxygens (including phenoxy) is 1. The number of rotatable bonds is 2. The summed E-state index contributed by atoms with van der Waals surface area (Å²) in [5.41, 5.74) is 8.32. The Hall–Kier alpha value is -1.06. The van der Waals surface area contributed by atoms with Gasteiger partial charge in [-0.15, -0.1) is 0 Å². The van der Waals surface area contributed by atoms with Crippen LogP contribution < -0.4 is 11.1 Å². The van der Waals surface area contributed by atoms with Gasteiger partial charge in [0, 0.05) is 13.0 Å². The van der Waals surface area contributed by atoms with Crippen molar-refractivity contribution in [3.8, 4) is 0 Å². The molecule has 0 bridgehead atoms. The van der Waals surface area contributed by atoms with Gasteiger partial charge in [-0.25, -0.2) is 0 Å². The van der Waals surface area contributed by atoms with Crippen molar-refractivity contribution < 1.29 is 4.74 Å². The topological polar surface area (TPSA) is 47.3 Å². The first kappa shape index (κ1) is 9.49. The van der Waals surface area contributed by atoms with Crippen LogP contribution in [0.15, 0.2) is 35.1 Å². The highest BCUT2D eigenvalue weighted by Gasteiger charge is 2.16. The van der Waals surface area contributed by atoms with Gasteiger partial charge in [0.05, 0.1) is 12.8 Å². The zero-order chi connectivity index (χ0) is 9.97. The number of nitrogens with one attached hydrogen (secondary N) is 1. The smallest absolute Gasteiger partial charge is 0.100 e. The van der Waals surface area contributed by atoms with Gasteiger partial charge in [0.25, 0.3) is 0 Å². The molecule has 0 spiro atoms. The van der Waals surface area contributed by atoms with Crippen LogP contribution in [-0.2, 0) is 4.74 Å². The third-order valence-corrected chi connectivity index (χ3v) is 2.45. The first-order valence-electron chi connectivity index (χ1n) is 5.03. The number of hydrogen-bond donors (Lipinski definition) is 2. The van der Waals surface area contributed by atoms with E-state index < -0.39 is 0 Å². The largest absolute Gasteiger partial charge is 0.498 e. The maximum absolute atomic E-state index is 5.78. The fraction of sp³-hybridized carbons (Fsp3) is 0.455. The van der Waals surface area contributed by atoms with Crippen molar-refractivity contribution in [2.75, 3.05) is 13.2 Å². The fourth-order valence-corrected chi connectivity index (χ4v) is 1.76. The van der Waals surface area contributed by atoms with Crippen LogP contribution in [-0.4, -0.2) is 19.3 Å². The lowest BCUT2D eigenvalue weighted by Gasteiger charge is -2.24. The summed E-state index contributed by atoms with van der Waals surface area (Å²) in [5, 5.41) is 3.19. The van der Waals surface area contributed by atoms with Crippen LogP contribution in [0.1, 0.15) is 13.3 Å². The lowest BCUT2D eigenvalue weighted by atomic mass is 9.95. The van der Waals surface area contributed by atoms with Crippen molar-refractivity contribution in [2.45, 2.75) is 19.5 Å². The SMILES string of the molecule is CCOC1=CC2=CC(N)NCC2=CC1. The molecule has 2 aliphatic rings. The van der Waals surface area contributed by atoms with Crippen LogP contribution in [0, 0.1) is 0 Å². The Morgan fingerprint density at radius 2 is 2.50 bits per heavy atom. The molecule has 1 unspecified atom stereocenters. The Morgan fingerprint density at radius 3 is 3.29 bits per heavy atom. The molecule has 76 valence electrons. The first-order chi connectivity index (χ1) is 6.79. The Balaban J connectivity index is 2.18. The van der Waals surface area contributed by atoms with E-state index in [1.807, 2.05) is 13.0 Å². The van der Waals surface area contributed by atoms with Crippen LogP contribution in [0.5, 0.6) is 0 Å². The predicted octanol–water partition coefficient (Wildman–Crippen LogP) is 1.05. The molecule has 0 radical (unpaired) electrons. The summed E-state index contributed by atoms with van der Waals surface area (Å²) in [5.74, 6) is 1.04. The Bertz CT molecular complexity index is 315. The summed E-state index contributed by atoms with van der Waals surface area (Å²) >= 11 is 0. The Labute approximate surface area is 84.3 Å². The number of hydrogen-bond acceptors (Lipinski definition) is 3. The molecule has 0 saturated heterocycles. The number of fused-ring (bicyclic) bond motifs is 1. The highest BCUT2D eigenvalue weighted by molar-refractivity contribution is 5.47. The van der Waals surface area contributed by atoms with E-state index in [1.54, 1.807) is 0 Å². The minimum Gasteiger partial charge on any atom is -0.498 e. The quantitative estimate of drug-likeness (QED) is 0.687. The molecule has 0 fully saturated rings. The van der Waals surface area contributed by atoms with E-state index >= 15 is 0 Å². The predicted molar refractivity (Wildman–Crippen MR) is 56.5 cm³/mol. The van der Waals surface area contributed by atoms with Crippen LogP contribution in [0.25, 0.3) is 0 Å². The normalized spacial score (nSPS) is 25.9. The average Bonchev–Trinajstić information content (AvgIpc) is 2.17. The summed E-state index contributed by atoms with van der Waals surface area (Å²) in [6.07, 6.45) is 7.21. The van der Waals surface area contributed by atoms with E-state index in [2.05, 4.69) is 17.5 Å². The van der Waals surface area contributed by atoms with Crippen LogP contribution in [0.3, 0.4) is 0 Å². The van der Waals surface area contributed by atoms with Crippen LogP contribution in [0.4, 0.5) is 0 Å². The lowest BCUT2D eigenvalue weighted by molar-refractivity contribution is 0.223. The zero-order valence-corrected chi connectivity index (χ0v) is 8.42. The third-order valence-electron chi connectivity index (χ3n) is 2.45. The molecule has 3 N–H and O–H groups in total. The molecule has 1 atom stereocenters. The number of nitrogens with two attached hydrogens (primary N) is 1. The maximum Gasteiger partial charge on any atom is 0.100 e. The first-order valence-corrected chi connectivity index (χ1v) is 5.03. The molecule has 0 amide bonds. The average molecular weight is 192 g/mol. The fourth-order valence-electron chi connectivity index (χ4n) is 1.76. The second-order valence-electron chi connectivity index (χ2n) is 3.51. The molecule has 3 heteroatoms. The summed E-state index contributed by atoms with van der Waals surface area (Å²) in [6, 6.07) is 0. The van der Waals surface area contributed by atoms with Gasteiger partial charge in [-0.1, -0.05) is 6.08 Å². The van der Waals surface area contributed by atoms with Crippen molar-refractivity contribution in [3.63, 3.8) is 0 Å². The van der Waals surface area contributed by atoms with Gasteiger partial charge in [-0.3, -0.25) is 5.32 Å². The molecular weight excluding hydrogens is 176 g/mol. The van der Waals surface area contributed by atoms with Gasteiger partial charge in [0.1, 0.15) is 5.76 Å². The molecule has 0 aromatic rings. The van der Waals surface area contributed by atoms with Crippen molar-refractivity contribution in [1.29, 1.82) is 0 Å². The van der Waals surface area contributed by atoms with E-state index in [0.29, 0.717) is 0 Å². The van der Waals surface area contributed by atoms with Crippen molar-refractivity contribution in [1.82, 2.24) is 5.32 Å². The highest BCUT2D eigenvalue weighted by Crippen LogP contribution is 2.25. The van der Waals surface area contributed by atoms with Crippen molar-refractivity contribution in [3.05, 3.63) is 35.1 Å². The van der Waals surface area contributed by atoms with Gasteiger partial charge in [0.2, 0.25) is 0 Å². The third kappa shape index (κ3) is 1.89. The molecule has 0 aromatic heterocycles. The molecule has 1 heterocycles. The molecule has 1 aliphatic carbocycles. The summed E-state index contributed by atoms with van der Waals surface area (Å²) < 4.78 is 5.48. The monoisotopic (exact) mass is 192 g/mol. The van der Waals surface area contributed by atoms with E-state index in [9.17, 15) is 0 Å². The molecule has 1 aliphatic heterocycles. The standard InChI is InChI=1S/C11H16N2O/c1-2-14-10-4-3-8-7-13-11(12)6-9(8)5-10/h3,5-6,11,13H,2,4,7,12H2,1H3. The minimum absolute atomic E-state index is 0.0284. The van der Waals surface area contributed by atoms with Gasteiger partial charge < -0.3 is 10.5 Å². The molecule has 14 heavy (non-hydrogen) atoms. The van der Waals surface area contributed by atoms with E-state index in [4.69, 9.17) is 10.5 Å². The molecule has 0 aromatic carbocycles. The minimum atomic E-state index is -0.0284. The highest BCUT2D eigenvalue weighted by atomic mass is 16.5. The Kier molecular flexibility index (Phi) is 2.70. The molecule has 0 saturated carbocycles.